The monoisotopic (exact) mass is 489 g/mol. The molecule has 2 heteroatoms. The molecule has 5 aromatic rings. The maximum atomic E-state index is 5.98. The molecule has 0 bridgehead atoms. The fourth-order valence-corrected chi connectivity index (χ4v) is 4.69. The number of para-hydroxylation sites is 1. The van der Waals surface area contributed by atoms with Gasteiger partial charge in [0, 0.05) is 22.5 Å². The van der Waals surface area contributed by atoms with E-state index < -0.39 is 0 Å². The first kappa shape index (κ1) is 23.3. The smallest absolute Gasteiger partial charge is 0.142 e. The molecule has 0 fully saturated rings. The Morgan fingerprint density at radius 1 is 0.474 bits per heavy atom. The summed E-state index contributed by atoms with van der Waals surface area (Å²) in [7, 11) is 0. The van der Waals surface area contributed by atoms with E-state index in [-0.39, 0.29) is 0 Å². The first-order valence-electron chi connectivity index (χ1n) is 12.7. The quantitative estimate of drug-likeness (QED) is 0.265. The Labute approximate surface area is 223 Å². The summed E-state index contributed by atoms with van der Waals surface area (Å²) < 4.78 is 5.98. The van der Waals surface area contributed by atoms with Gasteiger partial charge >= 0.3 is 0 Å². The number of hydrogen-bond donors (Lipinski definition) is 1. The topological polar surface area (TPSA) is 21.3 Å². The predicted octanol–water partition coefficient (Wildman–Crippen LogP) is 9.91. The van der Waals surface area contributed by atoms with E-state index in [2.05, 4.69) is 115 Å². The van der Waals surface area contributed by atoms with E-state index in [1.807, 2.05) is 36.4 Å². The summed E-state index contributed by atoms with van der Waals surface area (Å²) >= 11 is 0. The Morgan fingerprint density at radius 2 is 1.00 bits per heavy atom. The molecule has 0 spiro atoms. The molecule has 1 N–H and O–H groups in total. The Kier molecular flexibility index (Phi) is 6.44. The number of nitrogens with one attached hydrogen (secondary N) is 1. The number of benzene rings is 5. The van der Waals surface area contributed by atoms with Gasteiger partial charge in [-0.05, 0) is 63.7 Å². The molecule has 0 aromatic heterocycles. The Morgan fingerprint density at radius 3 is 1.63 bits per heavy atom. The van der Waals surface area contributed by atoms with Crippen LogP contribution in [0.3, 0.4) is 0 Å². The van der Waals surface area contributed by atoms with Crippen molar-refractivity contribution >= 4 is 16.9 Å². The molecule has 0 unspecified atom stereocenters. The van der Waals surface area contributed by atoms with Crippen LogP contribution in [0.5, 0.6) is 5.75 Å². The third-order valence-electron chi connectivity index (χ3n) is 6.73. The lowest BCUT2D eigenvalue weighted by Crippen LogP contribution is -1.95. The molecule has 0 saturated heterocycles. The molecule has 1 aliphatic rings. The zero-order chi connectivity index (χ0) is 25.7. The van der Waals surface area contributed by atoms with E-state index >= 15 is 0 Å². The molecule has 6 rings (SSSR count). The summed E-state index contributed by atoms with van der Waals surface area (Å²) in [6.45, 7) is 4.18. The average molecular weight is 490 g/mol. The second-order valence-corrected chi connectivity index (χ2v) is 9.24. The fourth-order valence-electron chi connectivity index (χ4n) is 4.69. The van der Waals surface area contributed by atoms with Gasteiger partial charge < -0.3 is 10.1 Å². The fraction of sp³-hybridized carbons (Fsp3) is 0. The van der Waals surface area contributed by atoms with Crippen LogP contribution >= 0.6 is 0 Å². The summed E-state index contributed by atoms with van der Waals surface area (Å²) in [5.74, 6) is 0.825. The number of allylic oxidation sites excluding steroid dienone is 4. The highest BCUT2D eigenvalue weighted by molar-refractivity contribution is 5.84. The number of ether oxygens (including phenoxy) is 1. The highest BCUT2D eigenvalue weighted by Crippen LogP contribution is 2.38. The van der Waals surface area contributed by atoms with E-state index in [1.165, 1.54) is 22.3 Å². The number of fused-ring (bicyclic) bond motifs is 1. The summed E-state index contributed by atoms with van der Waals surface area (Å²) in [5.41, 5.74) is 11.0. The molecular weight excluding hydrogens is 462 g/mol. The second kappa shape index (κ2) is 10.5. The minimum Gasteiger partial charge on any atom is -0.464 e. The Bertz CT molecular complexity index is 1630. The summed E-state index contributed by atoms with van der Waals surface area (Å²) in [6.07, 6.45) is 7.53. The van der Waals surface area contributed by atoms with Crippen LogP contribution in [-0.2, 0) is 0 Å². The van der Waals surface area contributed by atoms with Crippen molar-refractivity contribution in [3.63, 3.8) is 0 Å². The van der Waals surface area contributed by atoms with E-state index in [0.29, 0.717) is 0 Å². The molecule has 2 nitrogen and oxygen atoms in total. The van der Waals surface area contributed by atoms with Crippen LogP contribution in [-0.4, -0.2) is 0 Å². The molecular formula is C36H27NO. The molecule has 182 valence electrons. The van der Waals surface area contributed by atoms with Crippen LogP contribution in [0, 0.1) is 0 Å². The predicted molar refractivity (Wildman–Crippen MR) is 160 cm³/mol. The molecule has 0 atom stereocenters. The molecule has 5 aromatic carbocycles. The zero-order valence-corrected chi connectivity index (χ0v) is 21.0. The largest absolute Gasteiger partial charge is 0.464 e. The molecule has 0 radical (unpaired) electrons. The maximum absolute atomic E-state index is 5.98. The van der Waals surface area contributed by atoms with Gasteiger partial charge in [-0.3, -0.25) is 0 Å². The summed E-state index contributed by atoms with van der Waals surface area (Å²) in [5, 5.41) is 3.51. The Hall–Kier alpha value is -5.08. The van der Waals surface area contributed by atoms with Gasteiger partial charge in [0.25, 0.3) is 0 Å². The number of anilines is 2. The molecule has 38 heavy (non-hydrogen) atoms. The first-order valence-corrected chi connectivity index (χ1v) is 12.7. The minimum absolute atomic E-state index is 0.825. The third-order valence-corrected chi connectivity index (χ3v) is 6.73. The van der Waals surface area contributed by atoms with Crippen molar-refractivity contribution in [3.8, 4) is 39.1 Å². The van der Waals surface area contributed by atoms with E-state index in [0.717, 1.165) is 39.4 Å². The minimum atomic E-state index is 0.825. The highest BCUT2D eigenvalue weighted by atomic mass is 16.5. The summed E-state index contributed by atoms with van der Waals surface area (Å²) in [4.78, 5) is 0. The van der Waals surface area contributed by atoms with Gasteiger partial charge in [-0.15, -0.1) is 0 Å². The van der Waals surface area contributed by atoms with Crippen LogP contribution in [0.15, 0.2) is 152 Å². The van der Waals surface area contributed by atoms with Crippen molar-refractivity contribution in [1.29, 1.82) is 0 Å². The maximum Gasteiger partial charge on any atom is 0.142 e. The average Bonchev–Trinajstić information content (AvgIpc) is 2.97. The Balaban J connectivity index is 1.17. The normalized spacial score (nSPS) is 13.9. The SMILES string of the molecule is C=C1/C=C\C=C/Oc2c1cccc2-c1ccc(Nc2ccc(-c3ccc(-c4ccccc4)cc3)cc2)cc1. The van der Waals surface area contributed by atoms with Gasteiger partial charge in [0.15, 0.2) is 0 Å². The van der Waals surface area contributed by atoms with Crippen LogP contribution in [0.25, 0.3) is 39.0 Å². The lowest BCUT2D eigenvalue weighted by Gasteiger charge is -2.16. The van der Waals surface area contributed by atoms with Gasteiger partial charge in [0.1, 0.15) is 5.75 Å². The molecule has 1 aliphatic heterocycles. The van der Waals surface area contributed by atoms with Gasteiger partial charge in [0.05, 0.1) is 6.26 Å². The lowest BCUT2D eigenvalue weighted by atomic mass is 9.97. The van der Waals surface area contributed by atoms with E-state index in [4.69, 9.17) is 4.74 Å². The van der Waals surface area contributed by atoms with Crippen LogP contribution in [0.1, 0.15) is 5.56 Å². The van der Waals surface area contributed by atoms with Gasteiger partial charge in [-0.25, -0.2) is 0 Å². The molecule has 0 amide bonds. The first-order chi connectivity index (χ1) is 18.7. The molecule has 0 saturated carbocycles. The lowest BCUT2D eigenvalue weighted by molar-refractivity contribution is 0.481. The van der Waals surface area contributed by atoms with Gasteiger partial charge in [-0.2, -0.15) is 0 Å². The van der Waals surface area contributed by atoms with Crippen LogP contribution in [0.4, 0.5) is 11.4 Å². The van der Waals surface area contributed by atoms with Crippen molar-refractivity contribution in [2.75, 3.05) is 5.32 Å². The van der Waals surface area contributed by atoms with Crippen molar-refractivity contribution in [2.24, 2.45) is 0 Å². The van der Waals surface area contributed by atoms with E-state index in [9.17, 15) is 0 Å². The van der Waals surface area contributed by atoms with Crippen molar-refractivity contribution < 1.29 is 4.74 Å². The van der Waals surface area contributed by atoms with Crippen molar-refractivity contribution in [1.82, 2.24) is 0 Å². The standard InChI is InChI=1S/C36H27NO/c1-26-8-5-6-25-38-36-34(26)11-7-12-35(36)31-19-23-33(24-20-31)37-32-21-17-30(18-22-32)29-15-13-28(14-16-29)27-9-3-2-4-10-27/h2-25,37H,1H2/b8-5-,25-6-. The number of rotatable bonds is 5. The summed E-state index contributed by atoms with van der Waals surface area (Å²) in [6, 6.07) is 42.3. The molecule has 1 heterocycles. The highest BCUT2D eigenvalue weighted by Gasteiger charge is 2.13. The zero-order valence-electron chi connectivity index (χ0n) is 21.0. The van der Waals surface area contributed by atoms with Crippen molar-refractivity contribution in [3.05, 3.63) is 158 Å². The van der Waals surface area contributed by atoms with Gasteiger partial charge in [-0.1, -0.05) is 116 Å². The third kappa shape index (κ3) is 4.93. The second-order valence-electron chi connectivity index (χ2n) is 9.24. The van der Waals surface area contributed by atoms with Crippen LogP contribution < -0.4 is 10.1 Å². The van der Waals surface area contributed by atoms with Crippen LogP contribution in [0.2, 0.25) is 0 Å². The van der Waals surface area contributed by atoms with Gasteiger partial charge in [0.2, 0.25) is 0 Å². The number of hydrogen-bond acceptors (Lipinski definition) is 2. The molecule has 0 aliphatic carbocycles. The van der Waals surface area contributed by atoms with Crippen molar-refractivity contribution in [2.45, 2.75) is 0 Å². The van der Waals surface area contributed by atoms with E-state index in [1.54, 1.807) is 6.26 Å².